The number of carbonyl (C=O) groups is 3. The van der Waals surface area contributed by atoms with E-state index in [1.54, 1.807) is 40.9 Å². The fourth-order valence-corrected chi connectivity index (χ4v) is 3.83. The first kappa shape index (κ1) is 20.1. The van der Waals surface area contributed by atoms with Crippen LogP contribution < -0.4 is 10.1 Å². The van der Waals surface area contributed by atoms with E-state index in [1.165, 1.54) is 0 Å². The molecular formula is C18H24N2O5S. The Bertz CT molecular complexity index is 649. The normalized spacial score (nSPS) is 17.6. The van der Waals surface area contributed by atoms with E-state index in [1.807, 2.05) is 13.8 Å². The van der Waals surface area contributed by atoms with Gasteiger partial charge in [0.05, 0.1) is 11.9 Å². The first-order valence-corrected chi connectivity index (χ1v) is 9.70. The molecule has 2 N–H and O–H groups in total. The van der Waals surface area contributed by atoms with E-state index in [-0.39, 0.29) is 17.9 Å². The minimum Gasteiger partial charge on any atom is -0.482 e. The van der Waals surface area contributed by atoms with E-state index in [0.29, 0.717) is 23.8 Å². The van der Waals surface area contributed by atoms with Crippen molar-refractivity contribution in [1.82, 2.24) is 10.2 Å². The number of hydrogen-bond donors (Lipinski definition) is 2. The lowest BCUT2D eigenvalue weighted by Gasteiger charge is -2.25. The zero-order valence-electron chi connectivity index (χ0n) is 14.9. The molecule has 0 bridgehead atoms. The number of nitrogens with one attached hydrogen (secondary N) is 1. The summed E-state index contributed by atoms with van der Waals surface area (Å²) < 4.78 is 5.09. The van der Waals surface area contributed by atoms with Crippen LogP contribution in [0.1, 0.15) is 38.3 Å². The van der Waals surface area contributed by atoms with Gasteiger partial charge >= 0.3 is 5.97 Å². The van der Waals surface area contributed by atoms with E-state index in [9.17, 15) is 14.4 Å². The summed E-state index contributed by atoms with van der Waals surface area (Å²) in [6.45, 7) is 3.42. The zero-order chi connectivity index (χ0) is 19.1. The van der Waals surface area contributed by atoms with Crippen LogP contribution >= 0.6 is 11.8 Å². The smallest absolute Gasteiger partial charge is 0.341 e. The van der Waals surface area contributed by atoms with E-state index in [0.717, 1.165) is 12.0 Å². The Morgan fingerprint density at radius 1 is 1.35 bits per heavy atom. The highest BCUT2D eigenvalue weighted by atomic mass is 32.2. The van der Waals surface area contributed by atoms with Gasteiger partial charge in [-0.05, 0) is 31.0 Å². The molecule has 1 fully saturated rings. The number of carboxylic acid groups (broad SMARTS) is 1. The van der Waals surface area contributed by atoms with Gasteiger partial charge in [0.1, 0.15) is 11.8 Å². The molecule has 8 heteroatoms. The maximum atomic E-state index is 12.6. The highest BCUT2D eigenvalue weighted by molar-refractivity contribution is 7.99. The lowest BCUT2D eigenvalue weighted by molar-refractivity contribution is -0.139. The summed E-state index contributed by atoms with van der Waals surface area (Å²) in [5.41, 5.74) is 0.873. The van der Waals surface area contributed by atoms with Crippen molar-refractivity contribution in [2.24, 2.45) is 0 Å². The number of carbonyl (C=O) groups excluding carboxylic acids is 2. The average molecular weight is 380 g/mol. The van der Waals surface area contributed by atoms with Gasteiger partial charge in [0.2, 0.25) is 11.8 Å². The molecule has 2 amide bonds. The molecule has 2 atom stereocenters. The van der Waals surface area contributed by atoms with Crippen molar-refractivity contribution in [3.8, 4) is 5.75 Å². The van der Waals surface area contributed by atoms with Crippen molar-refractivity contribution < 1.29 is 24.2 Å². The molecule has 1 saturated heterocycles. The Balaban J connectivity index is 1.93. The minimum atomic E-state index is -1.04. The largest absolute Gasteiger partial charge is 0.482 e. The molecule has 2 unspecified atom stereocenters. The van der Waals surface area contributed by atoms with Gasteiger partial charge in [-0.1, -0.05) is 19.1 Å². The van der Waals surface area contributed by atoms with Crippen LogP contribution in [-0.2, 0) is 14.4 Å². The van der Waals surface area contributed by atoms with Gasteiger partial charge in [-0.2, -0.15) is 0 Å². The summed E-state index contributed by atoms with van der Waals surface area (Å²) in [7, 11) is 0. The van der Waals surface area contributed by atoms with Crippen LogP contribution in [0.5, 0.6) is 5.75 Å². The van der Waals surface area contributed by atoms with Crippen molar-refractivity contribution in [3.05, 3.63) is 29.8 Å². The summed E-state index contributed by atoms with van der Waals surface area (Å²) >= 11 is 1.59. The number of aliphatic carboxylic acids is 1. The SMILES string of the molecule is CCCC(=O)N1CSCC1C(=O)NC(C)c1ccc(OCC(=O)O)cc1. The Labute approximate surface area is 157 Å². The number of ether oxygens (including phenoxy) is 1. The van der Waals surface area contributed by atoms with E-state index in [4.69, 9.17) is 9.84 Å². The van der Waals surface area contributed by atoms with Crippen LogP contribution in [0.25, 0.3) is 0 Å². The van der Waals surface area contributed by atoms with Crippen molar-refractivity contribution in [2.45, 2.75) is 38.8 Å². The van der Waals surface area contributed by atoms with Gasteiger partial charge in [0, 0.05) is 12.2 Å². The summed E-state index contributed by atoms with van der Waals surface area (Å²) in [6.07, 6.45) is 1.22. The molecule has 0 aromatic heterocycles. The molecule has 1 aliphatic rings. The molecular weight excluding hydrogens is 356 g/mol. The molecule has 0 spiro atoms. The maximum absolute atomic E-state index is 12.6. The third-order valence-corrected chi connectivity index (χ3v) is 5.08. The second-order valence-corrected chi connectivity index (χ2v) is 7.11. The molecule has 1 aromatic rings. The second-order valence-electron chi connectivity index (χ2n) is 6.11. The van der Waals surface area contributed by atoms with Crippen molar-refractivity contribution >= 4 is 29.5 Å². The Hall–Kier alpha value is -2.22. The predicted octanol–water partition coefficient (Wildman–Crippen LogP) is 2.03. The topological polar surface area (TPSA) is 95.9 Å². The number of rotatable bonds is 8. The van der Waals surface area contributed by atoms with Gasteiger partial charge in [0.25, 0.3) is 0 Å². The van der Waals surface area contributed by atoms with Gasteiger partial charge in [-0.25, -0.2) is 4.79 Å². The summed E-state index contributed by atoms with van der Waals surface area (Å²) in [6, 6.07) is 6.24. The standard InChI is InChI=1S/C18H24N2O5S/c1-3-4-16(21)20-11-26-10-15(20)18(24)19-12(2)13-5-7-14(8-6-13)25-9-17(22)23/h5-8,12,15H,3-4,9-11H2,1-2H3,(H,19,24)(H,22,23). The number of amides is 2. The second kappa shape index (κ2) is 9.47. The fraction of sp³-hybridized carbons (Fsp3) is 0.500. The molecule has 1 aromatic carbocycles. The molecule has 1 heterocycles. The minimum absolute atomic E-state index is 0.0187. The van der Waals surface area contributed by atoms with Gasteiger partial charge < -0.3 is 20.1 Å². The number of hydrogen-bond acceptors (Lipinski definition) is 5. The van der Waals surface area contributed by atoms with E-state index < -0.39 is 18.6 Å². The average Bonchev–Trinajstić information content (AvgIpc) is 3.10. The van der Waals surface area contributed by atoms with Crippen molar-refractivity contribution in [2.75, 3.05) is 18.2 Å². The van der Waals surface area contributed by atoms with Gasteiger partial charge in [-0.15, -0.1) is 11.8 Å². The summed E-state index contributed by atoms with van der Waals surface area (Å²) in [5, 5.41) is 11.6. The molecule has 2 rings (SSSR count). The van der Waals surface area contributed by atoms with E-state index in [2.05, 4.69) is 5.32 Å². The van der Waals surface area contributed by atoms with Gasteiger partial charge in [0.15, 0.2) is 6.61 Å². The fourth-order valence-electron chi connectivity index (χ4n) is 2.65. The zero-order valence-corrected chi connectivity index (χ0v) is 15.8. The summed E-state index contributed by atoms with van der Waals surface area (Å²) in [5.74, 6) is 0.449. The quantitative estimate of drug-likeness (QED) is 0.716. The molecule has 1 aliphatic heterocycles. The molecule has 0 saturated carbocycles. The maximum Gasteiger partial charge on any atom is 0.341 e. The Morgan fingerprint density at radius 2 is 2.04 bits per heavy atom. The number of thioether (sulfide) groups is 1. The third kappa shape index (κ3) is 5.39. The number of carboxylic acids is 1. The van der Waals surface area contributed by atoms with Crippen molar-refractivity contribution in [1.29, 1.82) is 0 Å². The molecule has 26 heavy (non-hydrogen) atoms. The predicted molar refractivity (Wildman–Crippen MR) is 99.0 cm³/mol. The number of nitrogens with zero attached hydrogens (tertiary/aromatic N) is 1. The highest BCUT2D eigenvalue weighted by Crippen LogP contribution is 2.24. The van der Waals surface area contributed by atoms with Crippen LogP contribution in [0.4, 0.5) is 0 Å². The molecule has 0 radical (unpaired) electrons. The lowest BCUT2D eigenvalue weighted by atomic mass is 10.1. The summed E-state index contributed by atoms with van der Waals surface area (Å²) in [4.78, 5) is 36.9. The van der Waals surface area contributed by atoms with Crippen LogP contribution in [0.2, 0.25) is 0 Å². The van der Waals surface area contributed by atoms with E-state index >= 15 is 0 Å². The van der Waals surface area contributed by atoms with Gasteiger partial charge in [-0.3, -0.25) is 9.59 Å². The Morgan fingerprint density at radius 3 is 2.65 bits per heavy atom. The molecule has 0 aliphatic carbocycles. The van der Waals surface area contributed by atoms with Crippen molar-refractivity contribution in [3.63, 3.8) is 0 Å². The van der Waals surface area contributed by atoms with Crippen LogP contribution in [0.15, 0.2) is 24.3 Å². The highest BCUT2D eigenvalue weighted by Gasteiger charge is 2.34. The van der Waals surface area contributed by atoms with Crippen LogP contribution in [0, 0.1) is 0 Å². The first-order chi connectivity index (χ1) is 12.4. The monoisotopic (exact) mass is 380 g/mol. The Kier molecular flexibility index (Phi) is 7.32. The first-order valence-electron chi connectivity index (χ1n) is 8.54. The molecule has 142 valence electrons. The molecule has 7 nitrogen and oxygen atoms in total. The third-order valence-electron chi connectivity index (χ3n) is 4.07. The number of benzene rings is 1. The lowest BCUT2D eigenvalue weighted by Crippen LogP contribution is -2.47. The van der Waals surface area contributed by atoms with Crippen LogP contribution in [0.3, 0.4) is 0 Å². The van der Waals surface area contributed by atoms with Crippen LogP contribution in [-0.4, -0.2) is 52.1 Å².